The van der Waals surface area contributed by atoms with Crippen molar-refractivity contribution in [3.05, 3.63) is 35.4 Å². The van der Waals surface area contributed by atoms with Gasteiger partial charge in [0.2, 0.25) is 0 Å². The van der Waals surface area contributed by atoms with Crippen LogP contribution in [0.4, 0.5) is 0 Å². The Kier molecular flexibility index (Phi) is 3.74. The monoisotopic (exact) mass is 321 g/mol. The molecule has 104 valence electrons. The van der Waals surface area contributed by atoms with Gasteiger partial charge >= 0.3 is 0 Å². The highest BCUT2D eigenvalue weighted by Crippen LogP contribution is 2.39. The van der Waals surface area contributed by atoms with Gasteiger partial charge < -0.3 is 5.32 Å². The van der Waals surface area contributed by atoms with E-state index in [4.69, 9.17) is 0 Å². The zero-order valence-corrected chi connectivity index (χ0v) is 13.5. The van der Waals surface area contributed by atoms with E-state index in [9.17, 15) is 0 Å². The Morgan fingerprint density at radius 2 is 1.84 bits per heavy atom. The largest absolute Gasteiger partial charge is 0.306 e. The third-order valence-electron chi connectivity index (χ3n) is 4.92. The topological polar surface area (TPSA) is 12.0 Å². The van der Waals surface area contributed by atoms with Crippen molar-refractivity contribution in [3.63, 3.8) is 0 Å². The molecule has 0 amide bonds. The standard InChI is InChI=1S/C17H24BrN/c1-17(2)9-7-13(8-10-17)19-16-14-6-4-3-5-12(14)11-15(16)18/h3-6,13,15-16,19H,7-11H2,1-2H3. The van der Waals surface area contributed by atoms with Gasteiger partial charge in [-0.05, 0) is 48.6 Å². The fourth-order valence-corrected chi connectivity index (χ4v) is 4.35. The van der Waals surface area contributed by atoms with Crippen molar-refractivity contribution in [1.29, 1.82) is 0 Å². The molecular weight excluding hydrogens is 298 g/mol. The normalized spacial score (nSPS) is 30.3. The van der Waals surface area contributed by atoms with Gasteiger partial charge in [-0.25, -0.2) is 0 Å². The van der Waals surface area contributed by atoms with E-state index in [1.807, 2.05) is 0 Å². The number of hydrogen-bond acceptors (Lipinski definition) is 1. The summed E-state index contributed by atoms with van der Waals surface area (Å²) in [6.45, 7) is 4.81. The van der Waals surface area contributed by atoms with Crippen LogP contribution in [-0.4, -0.2) is 10.9 Å². The number of benzene rings is 1. The van der Waals surface area contributed by atoms with E-state index in [0.717, 1.165) is 6.42 Å². The Balaban J connectivity index is 1.68. The Morgan fingerprint density at radius 1 is 1.16 bits per heavy atom. The molecule has 1 N–H and O–H groups in total. The van der Waals surface area contributed by atoms with Crippen molar-refractivity contribution in [2.75, 3.05) is 0 Å². The molecule has 0 aliphatic heterocycles. The third kappa shape index (κ3) is 2.90. The van der Waals surface area contributed by atoms with Crippen LogP contribution in [0.1, 0.15) is 56.7 Å². The number of hydrogen-bond donors (Lipinski definition) is 1. The number of halogens is 1. The molecule has 3 rings (SSSR count). The van der Waals surface area contributed by atoms with E-state index in [1.54, 1.807) is 0 Å². The predicted octanol–water partition coefficient (Wildman–Crippen LogP) is 4.61. The lowest BCUT2D eigenvalue weighted by Crippen LogP contribution is -2.39. The number of fused-ring (bicyclic) bond motifs is 1. The van der Waals surface area contributed by atoms with Crippen LogP contribution in [0, 0.1) is 5.41 Å². The summed E-state index contributed by atoms with van der Waals surface area (Å²) in [5.74, 6) is 0. The molecule has 2 atom stereocenters. The lowest BCUT2D eigenvalue weighted by molar-refractivity contribution is 0.199. The minimum atomic E-state index is 0.502. The van der Waals surface area contributed by atoms with E-state index in [1.165, 1.54) is 36.8 Å². The van der Waals surface area contributed by atoms with Gasteiger partial charge in [0.15, 0.2) is 0 Å². The van der Waals surface area contributed by atoms with E-state index >= 15 is 0 Å². The minimum absolute atomic E-state index is 0.502. The van der Waals surface area contributed by atoms with E-state index in [-0.39, 0.29) is 0 Å². The third-order valence-corrected chi connectivity index (χ3v) is 5.77. The van der Waals surface area contributed by atoms with Gasteiger partial charge in [0.1, 0.15) is 0 Å². The van der Waals surface area contributed by atoms with Gasteiger partial charge in [-0.2, -0.15) is 0 Å². The quantitative estimate of drug-likeness (QED) is 0.784. The van der Waals surface area contributed by atoms with Gasteiger partial charge in [0, 0.05) is 16.9 Å². The van der Waals surface area contributed by atoms with Gasteiger partial charge in [-0.1, -0.05) is 54.0 Å². The van der Waals surface area contributed by atoms with Crippen LogP contribution < -0.4 is 5.32 Å². The summed E-state index contributed by atoms with van der Waals surface area (Å²) < 4.78 is 0. The highest BCUT2D eigenvalue weighted by Gasteiger charge is 2.34. The van der Waals surface area contributed by atoms with Crippen LogP contribution in [0.15, 0.2) is 24.3 Å². The summed E-state index contributed by atoms with van der Waals surface area (Å²) in [4.78, 5) is 0.555. The fraction of sp³-hybridized carbons (Fsp3) is 0.647. The number of alkyl halides is 1. The lowest BCUT2D eigenvalue weighted by atomic mass is 9.75. The second-order valence-corrected chi connectivity index (χ2v) is 8.18. The first-order valence-electron chi connectivity index (χ1n) is 7.53. The molecule has 0 saturated heterocycles. The molecule has 0 spiro atoms. The van der Waals surface area contributed by atoms with Crippen molar-refractivity contribution >= 4 is 15.9 Å². The highest BCUT2D eigenvalue weighted by molar-refractivity contribution is 9.09. The van der Waals surface area contributed by atoms with E-state index in [2.05, 4.69) is 59.4 Å². The summed E-state index contributed by atoms with van der Waals surface area (Å²) in [5.41, 5.74) is 3.58. The molecule has 19 heavy (non-hydrogen) atoms. The molecule has 2 aliphatic carbocycles. The average Bonchev–Trinajstić information content (AvgIpc) is 2.69. The molecule has 0 bridgehead atoms. The summed E-state index contributed by atoms with van der Waals surface area (Å²) in [7, 11) is 0. The van der Waals surface area contributed by atoms with Crippen LogP contribution in [0.3, 0.4) is 0 Å². The Labute approximate surface area is 125 Å². The second kappa shape index (κ2) is 5.21. The van der Waals surface area contributed by atoms with Crippen molar-refractivity contribution in [2.45, 2.75) is 62.9 Å². The van der Waals surface area contributed by atoms with E-state index < -0.39 is 0 Å². The smallest absolute Gasteiger partial charge is 0.0455 e. The maximum absolute atomic E-state index is 3.91. The van der Waals surface area contributed by atoms with Crippen LogP contribution in [0.2, 0.25) is 0 Å². The lowest BCUT2D eigenvalue weighted by Gasteiger charge is -2.36. The van der Waals surface area contributed by atoms with Gasteiger partial charge in [0.05, 0.1) is 0 Å². The molecule has 2 heteroatoms. The van der Waals surface area contributed by atoms with Crippen molar-refractivity contribution in [3.8, 4) is 0 Å². The Bertz CT molecular complexity index is 444. The number of rotatable bonds is 2. The Hall–Kier alpha value is -0.340. The maximum Gasteiger partial charge on any atom is 0.0455 e. The summed E-state index contributed by atoms with van der Waals surface area (Å²) in [6, 6.07) is 10.1. The first-order valence-corrected chi connectivity index (χ1v) is 8.45. The summed E-state index contributed by atoms with van der Waals surface area (Å²) in [6.07, 6.45) is 6.51. The first kappa shape index (κ1) is 13.6. The molecule has 1 saturated carbocycles. The fourth-order valence-electron chi connectivity index (χ4n) is 3.56. The molecular formula is C17H24BrN. The van der Waals surface area contributed by atoms with Crippen molar-refractivity contribution < 1.29 is 0 Å². The first-order chi connectivity index (χ1) is 9.05. The molecule has 0 radical (unpaired) electrons. The van der Waals surface area contributed by atoms with Crippen LogP contribution in [0.25, 0.3) is 0 Å². The van der Waals surface area contributed by atoms with Crippen LogP contribution in [0.5, 0.6) is 0 Å². The highest BCUT2D eigenvalue weighted by atomic mass is 79.9. The Morgan fingerprint density at radius 3 is 2.58 bits per heavy atom. The molecule has 2 unspecified atom stereocenters. The van der Waals surface area contributed by atoms with Crippen molar-refractivity contribution in [1.82, 2.24) is 5.32 Å². The second-order valence-electron chi connectivity index (χ2n) is 7.00. The van der Waals surface area contributed by atoms with Gasteiger partial charge in [-0.15, -0.1) is 0 Å². The van der Waals surface area contributed by atoms with Crippen molar-refractivity contribution in [2.24, 2.45) is 5.41 Å². The van der Waals surface area contributed by atoms with Gasteiger partial charge in [0.25, 0.3) is 0 Å². The zero-order valence-electron chi connectivity index (χ0n) is 12.0. The molecule has 0 aromatic heterocycles. The molecule has 1 nitrogen and oxygen atoms in total. The number of nitrogens with one attached hydrogen (secondary N) is 1. The molecule has 0 heterocycles. The average molecular weight is 322 g/mol. The summed E-state index contributed by atoms with van der Waals surface area (Å²) >= 11 is 3.87. The van der Waals surface area contributed by atoms with Crippen LogP contribution >= 0.6 is 15.9 Å². The predicted molar refractivity (Wildman–Crippen MR) is 84.8 cm³/mol. The SMILES string of the molecule is CC1(C)CCC(NC2c3ccccc3CC2Br)CC1. The van der Waals surface area contributed by atoms with E-state index in [0.29, 0.717) is 22.3 Å². The molecule has 1 aromatic rings. The summed E-state index contributed by atoms with van der Waals surface area (Å²) in [5, 5.41) is 3.91. The van der Waals surface area contributed by atoms with Crippen LogP contribution in [-0.2, 0) is 6.42 Å². The zero-order chi connectivity index (χ0) is 13.5. The molecule has 2 aliphatic rings. The molecule has 1 aromatic carbocycles. The molecule has 1 fully saturated rings. The minimum Gasteiger partial charge on any atom is -0.306 e. The maximum atomic E-state index is 3.91. The van der Waals surface area contributed by atoms with Gasteiger partial charge in [-0.3, -0.25) is 0 Å².